The van der Waals surface area contributed by atoms with Gasteiger partial charge >= 0.3 is 0 Å². The fraction of sp³-hybridized carbons (Fsp3) is 0.333. The third-order valence-electron chi connectivity index (χ3n) is 2.89. The van der Waals surface area contributed by atoms with E-state index in [2.05, 4.69) is 10.1 Å². The third kappa shape index (κ3) is 1.99. The SMILES string of the molecule is COc1cc(F)c(NC(=O)C2(C#N)CC2)cc1F. The number of benzene rings is 1. The molecule has 1 aliphatic carbocycles. The molecule has 0 bridgehead atoms. The molecule has 0 radical (unpaired) electrons. The molecular formula is C12H10F2N2O2. The molecule has 1 saturated carbocycles. The average Bonchev–Trinajstić information content (AvgIpc) is 3.14. The fourth-order valence-corrected chi connectivity index (χ4v) is 1.54. The summed E-state index contributed by atoms with van der Waals surface area (Å²) in [6, 6.07) is 3.55. The number of nitriles is 1. The molecule has 94 valence electrons. The summed E-state index contributed by atoms with van der Waals surface area (Å²) < 4.78 is 31.5. The first-order valence-corrected chi connectivity index (χ1v) is 5.28. The van der Waals surface area contributed by atoms with Gasteiger partial charge in [-0.15, -0.1) is 0 Å². The second-order valence-electron chi connectivity index (χ2n) is 4.11. The Labute approximate surface area is 102 Å². The normalized spacial score (nSPS) is 15.7. The van der Waals surface area contributed by atoms with Crippen LogP contribution in [0, 0.1) is 28.4 Å². The zero-order valence-electron chi connectivity index (χ0n) is 9.59. The lowest BCUT2D eigenvalue weighted by Gasteiger charge is -2.10. The largest absolute Gasteiger partial charge is 0.494 e. The standard InChI is InChI=1S/C12H10F2N2O2/c1-18-10-5-7(13)9(4-8(10)14)16-11(17)12(6-15)2-3-12/h4-5H,2-3H2,1H3,(H,16,17). The summed E-state index contributed by atoms with van der Waals surface area (Å²) in [5.41, 5.74) is -1.37. The molecule has 4 nitrogen and oxygen atoms in total. The van der Waals surface area contributed by atoms with Crippen LogP contribution in [0.25, 0.3) is 0 Å². The first kappa shape index (κ1) is 12.3. The maximum Gasteiger partial charge on any atom is 0.244 e. The Morgan fingerprint density at radius 1 is 1.44 bits per heavy atom. The van der Waals surface area contributed by atoms with Crippen molar-refractivity contribution in [2.75, 3.05) is 12.4 Å². The van der Waals surface area contributed by atoms with E-state index in [1.54, 1.807) is 0 Å². The molecule has 0 spiro atoms. The molecule has 0 atom stereocenters. The van der Waals surface area contributed by atoms with Gasteiger partial charge in [-0.1, -0.05) is 0 Å². The van der Waals surface area contributed by atoms with Crippen molar-refractivity contribution in [3.63, 3.8) is 0 Å². The topological polar surface area (TPSA) is 62.1 Å². The van der Waals surface area contributed by atoms with Gasteiger partial charge in [0, 0.05) is 12.1 Å². The number of methoxy groups -OCH3 is 1. The number of hydrogen-bond acceptors (Lipinski definition) is 3. The van der Waals surface area contributed by atoms with E-state index in [-0.39, 0.29) is 11.4 Å². The van der Waals surface area contributed by atoms with E-state index < -0.39 is 23.0 Å². The minimum Gasteiger partial charge on any atom is -0.494 e. The molecule has 1 aromatic carbocycles. The molecule has 1 aliphatic rings. The summed E-state index contributed by atoms with van der Waals surface area (Å²) in [5.74, 6) is -2.44. The Hall–Kier alpha value is -2.16. The van der Waals surface area contributed by atoms with Crippen LogP contribution >= 0.6 is 0 Å². The monoisotopic (exact) mass is 252 g/mol. The molecule has 1 amide bonds. The van der Waals surface area contributed by atoms with Crippen molar-refractivity contribution < 1.29 is 18.3 Å². The third-order valence-corrected chi connectivity index (χ3v) is 2.89. The molecule has 18 heavy (non-hydrogen) atoms. The van der Waals surface area contributed by atoms with Crippen molar-refractivity contribution in [3.05, 3.63) is 23.8 Å². The fourth-order valence-electron chi connectivity index (χ4n) is 1.54. The van der Waals surface area contributed by atoms with Crippen molar-refractivity contribution in [2.24, 2.45) is 5.41 Å². The Kier molecular flexibility index (Phi) is 2.91. The quantitative estimate of drug-likeness (QED) is 0.897. The summed E-state index contributed by atoms with van der Waals surface area (Å²) in [5, 5.41) is 11.0. The van der Waals surface area contributed by atoms with E-state index >= 15 is 0 Å². The summed E-state index contributed by atoms with van der Waals surface area (Å²) in [6.45, 7) is 0. The van der Waals surface area contributed by atoms with E-state index in [0.717, 1.165) is 12.1 Å². The number of amides is 1. The molecule has 1 aromatic rings. The zero-order valence-corrected chi connectivity index (χ0v) is 9.59. The van der Waals surface area contributed by atoms with E-state index in [0.29, 0.717) is 12.8 Å². The summed E-state index contributed by atoms with van der Waals surface area (Å²) in [6.07, 6.45) is 0.880. The lowest BCUT2D eigenvalue weighted by molar-refractivity contribution is -0.119. The van der Waals surface area contributed by atoms with Crippen molar-refractivity contribution in [2.45, 2.75) is 12.8 Å². The predicted molar refractivity (Wildman–Crippen MR) is 58.8 cm³/mol. The van der Waals surface area contributed by atoms with Gasteiger partial charge in [0.05, 0.1) is 18.9 Å². The molecule has 1 fully saturated rings. The summed E-state index contributed by atoms with van der Waals surface area (Å²) in [4.78, 5) is 11.7. The van der Waals surface area contributed by atoms with Crippen LogP contribution in [0.15, 0.2) is 12.1 Å². The van der Waals surface area contributed by atoms with Crippen molar-refractivity contribution >= 4 is 11.6 Å². The van der Waals surface area contributed by atoms with Gasteiger partial charge in [0.2, 0.25) is 5.91 Å². The number of nitrogens with zero attached hydrogens (tertiary/aromatic N) is 1. The molecular weight excluding hydrogens is 242 g/mol. The van der Waals surface area contributed by atoms with Crippen LogP contribution < -0.4 is 10.1 Å². The van der Waals surface area contributed by atoms with Gasteiger partial charge < -0.3 is 10.1 Å². The van der Waals surface area contributed by atoms with Gasteiger partial charge in [-0.25, -0.2) is 8.78 Å². The predicted octanol–water partition coefficient (Wildman–Crippen LogP) is 2.22. The minimum absolute atomic E-state index is 0.244. The Balaban J connectivity index is 2.23. The summed E-state index contributed by atoms with van der Waals surface area (Å²) >= 11 is 0. The number of nitrogens with one attached hydrogen (secondary N) is 1. The average molecular weight is 252 g/mol. The van der Waals surface area contributed by atoms with E-state index in [1.807, 2.05) is 6.07 Å². The maximum atomic E-state index is 13.5. The van der Waals surface area contributed by atoms with Crippen molar-refractivity contribution in [3.8, 4) is 11.8 Å². The van der Waals surface area contributed by atoms with Gasteiger partial charge in [0.25, 0.3) is 0 Å². The van der Waals surface area contributed by atoms with Crippen molar-refractivity contribution in [1.29, 1.82) is 5.26 Å². The first-order chi connectivity index (χ1) is 8.52. The van der Waals surface area contributed by atoms with Gasteiger partial charge in [0.1, 0.15) is 5.41 Å². The molecule has 0 unspecified atom stereocenters. The second kappa shape index (κ2) is 4.26. The van der Waals surface area contributed by atoms with Gasteiger partial charge in [-0.2, -0.15) is 5.26 Å². The van der Waals surface area contributed by atoms with Gasteiger partial charge in [-0.3, -0.25) is 4.79 Å². The van der Waals surface area contributed by atoms with Crippen LogP contribution in [0.1, 0.15) is 12.8 Å². The number of hydrogen-bond donors (Lipinski definition) is 1. The van der Waals surface area contributed by atoms with Crippen LogP contribution in [0.3, 0.4) is 0 Å². The molecule has 0 saturated heterocycles. The van der Waals surface area contributed by atoms with Crippen molar-refractivity contribution in [1.82, 2.24) is 0 Å². The number of halogens is 2. The summed E-state index contributed by atoms with van der Waals surface area (Å²) in [7, 11) is 1.21. The number of anilines is 1. The Morgan fingerprint density at radius 2 is 2.11 bits per heavy atom. The van der Waals surface area contributed by atoms with Crippen LogP contribution in [0.5, 0.6) is 5.75 Å². The number of rotatable bonds is 3. The van der Waals surface area contributed by atoms with Crippen LogP contribution in [-0.4, -0.2) is 13.0 Å². The molecule has 0 heterocycles. The number of carbonyl (C=O) groups excluding carboxylic acids is 1. The highest BCUT2D eigenvalue weighted by Gasteiger charge is 2.50. The van der Waals surface area contributed by atoms with Crippen LogP contribution in [0.2, 0.25) is 0 Å². The van der Waals surface area contributed by atoms with E-state index in [4.69, 9.17) is 5.26 Å². The lowest BCUT2D eigenvalue weighted by Crippen LogP contribution is -2.23. The van der Waals surface area contributed by atoms with E-state index in [9.17, 15) is 13.6 Å². The second-order valence-corrected chi connectivity index (χ2v) is 4.11. The molecule has 2 rings (SSSR count). The van der Waals surface area contributed by atoms with Crippen LogP contribution in [-0.2, 0) is 4.79 Å². The Bertz CT molecular complexity index is 548. The first-order valence-electron chi connectivity index (χ1n) is 5.28. The molecule has 0 aromatic heterocycles. The van der Waals surface area contributed by atoms with Gasteiger partial charge in [-0.05, 0) is 12.8 Å². The highest BCUT2D eigenvalue weighted by Crippen LogP contribution is 2.45. The molecule has 0 aliphatic heterocycles. The van der Waals surface area contributed by atoms with Gasteiger partial charge in [0.15, 0.2) is 17.4 Å². The zero-order chi connectivity index (χ0) is 13.3. The smallest absolute Gasteiger partial charge is 0.244 e. The highest BCUT2D eigenvalue weighted by molar-refractivity contribution is 5.99. The maximum absolute atomic E-state index is 13.5. The number of carbonyl (C=O) groups is 1. The molecule has 6 heteroatoms. The number of ether oxygens (including phenoxy) is 1. The Morgan fingerprint density at radius 3 is 2.61 bits per heavy atom. The molecule has 1 N–H and O–H groups in total. The minimum atomic E-state index is -1.08. The van der Waals surface area contributed by atoms with E-state index in [1.165, 1.54) is 7.11 Å². The lowest BCUT2D eigenvalue weighted by atomic mass is 10.1. The highest BCUT2D eigenvalue weighted by atomic mass is 19.1. The van der Waals surface area contributed by atoms with Crippen LogP contribution in [0.4, 0.5) is 14.5 Å².